The molecule has 1 aliphatic heterocycles. The van der Waals surface area contributed by atoms with Gasteiger partial charge in [0.15, 0.2) is 5.82 Å². The lowest BCUT2D eigenvalue weighted by molar-refractivity contribution is 0.246. The fraction of sp³-hybridized carbons (Fsp3) is 0.300. The molecule has 144 valence electrons. The van der Waals surface area contributed by atoms with Crippen LogP contribution < -0.4 is 15.5 Å². The van der Waals surface area contributed by atoms with Crippen LogP contribution in [0.2, 0.25) is 0 Å². The molecule has 0 unspecified atom stereocenters. The van der Waals surface area contributed by atoms with E-state index < -0.39 is 0 Å². The molecule has 8 heteroatoms. The summed E-state index contributed by atoms with van der Waals surface area (Å²) in [6, 6.07) is 17.8. The molecule has 0 atom stereocenters. The number of benzene rings is 2. The summed E-state index contributed by atoms with van der Waals surface area (Å²) < 4.78 is 1.63. The number of aryl methyl sites for hydroxylation is 1. The average Bonchev–Trinajstić information content (AvgIpc) is 3.15. The van der Waals surface area contributed by atoms with Crippen LogP contribution in [0, 0.1) is 6.92 Å². The van der Waals surface area contributed by atoms with Crippen LogP contribution in [-0.2, 0) is 0 Å². The van der Waals surface area contributed by atoms with E-state index in [0.717, 1.165) is 31.6 Å². The molecule has 3 aromatic rings. The predicted octanol–water partition coefficient (Wildman–Crippen LogP) is 2.76. The lowest BCUT2D eigenvalue weighted by atomic mass is 10.0. The molecule has 0 radical (unpaired) electrons. The predicted molar refractivity (Wildman–Crippen MR) is 108 cm³/mol. The minimum Gasteiger partial charge on any atom is -0.371 e. The Hall–Kier alpha value is -3.42. The Morgan fingerprint density at radius 3 is 2.50 bits per heavy atom. The molecule has 8 nitrogen and oxygen atoms in total. The number of para-hydroxylation sites is 1. The van der Waals surface area contributed by atoms with Crippen LogP contribution in [0.4, 0.5) is 16.2 Å². The molecule has 0 spiro atoms. The molecule has 2 amide bonds. The molecule has 0 aliphatic carbocycles. The average molecular weight is 377 g/mol. The van der Waals surface area contributed by atoms with Gasteiger partial charge in [-0.1, -0.05) is 24.3 Å². The Bertz CT molecular complexity index is 932. The van der Waals surface area contributed by atoms with Gasteiger partial charge < -0.3 is 15.5 Å². The normalized spacial score (nSPS) is 14.7. The summed E-state index contributed by atoms with van der Waals surface area (Å²) >= 11 is 0. The first-order valence-electron chi connectivity index (χ1n) is 9.42. The van der Waals surface area contributed by atoms with E-state index in [2.05, 4.69) is 55.3 Å². The highest BCUT2D eigenvalue weighted by molar-refractivity contribution is 5.89. The third-order valence-electron chi connectivity index (χ3n) is 4.93. The second-order valence-corrected chi connectivity index (χ2v) is 6.88. The van der Waals surface area contributed by atoms with Crippen molar-refractivity contribution in [3.05, 3.63) is 60.4 Å². The van der Waals surface area contributed by atoms with Gasteiger partial charge >= 0.3 is 6.03 Å². The van der Waals surface area contributed by atoms with Gasteiger partial charge in [0, 0.05) is 30.5 Å². The number of rotatable bonds is 4. The van der Waals surface area contributed by atoms with Crippen molar-refractivity contribution in [1.29, 1.82) is 0 Å². The van der Waals surface area contributed by atoms with Crippen molar-refractivity contribution >= 4 is 17.4 Å². The van der Waals surface area contributed by atoms with Crippen molar-refractivity contribution in [3.63, 3.8) is 0 Å². The maximum atomic E-state index is 12.4. The Morgan fingerprint density at radius 1 is 1.04 bits per heavy atom. The first-order valence-corrected chi connectivity index (χ1v) is 9.42. The molecule has 1 aromatic heterocycles. The zero-order chi connectivity index (χ0) is 19.3. The molecular weight excluding hydrogens is 354 g/mol. The van der Waals surface area contributed by atoms with Gasteiger partial charge in [0.2, 0.25) is 0 Å². The molecule has 28 heavy (non-hydrogen) atoms. The van der Waals surface area contributed by atoms with Crippen LogP contribution in [0.5, 0.6) is 0 Å². The molecule has 2 N–H and O–H groups in total. The number of amides is 2. The third kappa shape index (κ3) is 4.11. The number of tetrazole rings is 1. The Kier molecular flexibility index (Phi) is 5.18. The van der Waals surface area contributed by atoms with E-state index in [-0.39, 0.29) is 12.1 Å². The van der Waals surface area contributed by atoms with Crippen molar-refractivity contribution in [2.45, 2.75) is 25.8 Å². The smallest absolute Gasteiger partial charge is 0.319 e. The van der Waals surface area contributed by atoms with Crippen molar-refractivity contribution in [2.24, 2.45) is 0 Å². The molecule has 2 heterocycles. The zero-order valence-electron chi connectivity index (χ0n) is 15.7. The summed E-state index contributed by atoms with van der Waals surface area (Å²) in [5, 5.41) is 17.5. The maximum Gasteiger partial charge on any atom is 0.319 e. The fourth-order valence-electron chi connectivity index (χ4n) is 3.46. The summed E-state index contributed by atoms with van der Waals surface area (Å²) in [5.41, 5.74) is 2.74. The number of piperidine rings is 1. The van der Waals surface area contributed by atoms with E-state index in [1.54, 1.807) is 4.68 Å². The number of anilines is 2. The Morgan fingerprint density at radius 2 is 1.79 bits per heavy atom. The number of nitrogens with one attached hydrogen (secondary N) is 2. The van der Waals surface area contributed by atoms with E-state index >= 15 is 0 Å². The maximum absolute atomic E-state index is 12.4. The summed E-state index contributed by atoms with van der Waals surface area (Å²) in [6.45, 7) is 3.70. The van der Waals surface area contributed by atoms with E-state index in [1.165, 1.54) is 5.69 Å². The van der Waals surface area contributed by atoms with Crippen LogP contribution in [-0.4, -0.2) is 45.4 Å². The van der Waals surface area contributed by atoms with E-state index in [9.17, 15) is 4.79 Å². The van der Waals surface area contributed by atoms with Crippen LogP contribution in [0.25, 0.3) is 5.69 Å². The lowest BCUT2D eigenvalue weighted by Crippen LogP contribution is -2.46. The summed E-state index contributed by atoms with van der Waals surface area (Å²) in [7, 11) is 0. The number of hydrogen-bond donors (Lipinski definition) is 2. The first-order chi connectivity index (χ1) is 13.7. The van der Waals surface area contributed by atoms with Crippen LogP contribution in [0.1, 0.15) is 18.7 Å². The molecule has 0 bridgehead atoms. The second-order valence-electron chi connectivity index (χ2n) is 6.88. The Balaban J connectivity index is 1.31. The molecular formula is C20H23N7O. The lowest BCUT2D eigenvalue weighted by Gasteiger charge is -2.33. The van der Waals surface area contributed by atoms with Crippen molar-refractivity contribution in [1.82, 2.24) is 25.5 Å². The zero-order valence-corrected chi connectivity index (χ0v) is 15.7. The molecule has 2 aromatic carbocycles. The van der Waals surface area contributed by atoms with Gasteiger partial charge in [-0.2, -0.15) is 4.68 Å². The fourth-order valence-corrected chi connectivity index (χ4v) is 3.46. The van der Waals surface area contributed by atoms with Crippen LogP contribution in [0.3, 0.4) is 0 Å². The van der Waals surface area contributed by atoms with Gasteiger partial charge in [0.25, 0.3) is 0 Å². The highest BCUT2D eigenvalue weighted by Gasteiger charge is 2.20. The summed E-state index contributed by atoms with van der Waals surface area (Å²) in [4.78, 5) is 14.8. The van der Waals surface area contributed by atoms with Crippen molar-refractivity contribution in [3.8, 4) is 5.69 Å². The van der Waals surface area contributed by atoms with E-state index in [4.69, 9.17) is 0 Å². The Labute approximate surface area is 163 Å². The van der Waals surface area contributed by atoms with Gasteiger partial charge in [-0.25, -0.2) is 4.79 Å². The second kappa shape index (κ2) is 8.08. The monoisotopic (exact) mass is 377 g/mol. The number of carbonyl (C=O) groups excluding carboxylic acids is 1. The summed E-state index contributed by atoms with van der Waals surface area (Å²) in [5.74, 6) is 0.687. The van der Waals surface area contributed by atoms with Gasteiger partial charge in [-0.05, 0) is 60.5 Å². The molecule has 1 fully saturated rings. The standard InChI is InChI=1S/C20H23N7O/c1-15-23-24-25-27(15)19-9-5-6-17(14-19)22-20(28)21-16-10-12-26(13-11-16)18-7-3-2-4-8-18/h2-9,14,16H,10-13H2,1H3,(H2,21,22,28). The first kappa shape index (κ1) is 18.0. The minimum absolute atomic E-state index is 0.171. The SMILES string of the molecule is Cc1nnnn1-c1cccc(NC(=O)NC2CCN(c3ccccc3)CC2)c1. The van der Waals surface area contributed by atoms with Gasteiger partial charge in [-0.3, -0.25) is 0 Å². The number of aromatic nitrogens is 4. The number of nitrogens with zero attached hydrogens (tertiary/aromatic N) is 5. The van der Waals surface area contributed by atoms with E-state index in [1.807, 2.05) is 37.3 Å². The quantitative estimate of drug-likeness (QED) is 0.730. The number of urea groups is 1. The molecule has 4 rings (SSSR count). The minimum atomic E-state index is -0.191. The highest BCUT2D eigenvalue weighted by atomic mass is 16.2. The van der Waals surface area contributed by atoms with Gasteiger partial charge in [-0.15, -0.1) is 5.10 Å². The van der Waals surface area contributed by atoms with Gasteiger partial charge in [0.1, 0.15) is 0 Å². The van der Waals surface area contributed by atoms with Crippen LogP contribution >= 0.6 is 0 Å². The van der Waals surface area contributed by atoms with E-state index in [0.29, 0.717) is 11.5 Å². The molecule has 0 saturated carbocycles. The van der Waals surface area contributed by atoms with Crippen molar-refractivity contribution in [2.75, 3.05) is 23.3 Å². The summed E-state index contributed by atoms with van der Waals surface area (Å²) in [6.07, 6.45) is 1.85. The molecule has 1 saturated heterocycles. The largest absolute Gasteiger partial charge is 0.371 e. The number of carbonyl (C=O) groups is 1. The molecule has 1 aliphatic rings. The van der Waals surface area contributed by atoms with Crippen molar-refractivity contribution < 1.29 is 4.79 Å². The third-order valence-corrected chi connectivity index (χ3v) is 4.93. The van der Waals surface area contributed by atoms with Gasteiger partial charge in [0.05, 0.1) is 5.69 Å². The number of hydrogen-bond acceptors (Lipinski definition) is 5. The topological polar surface area (TPSA) is 88.0 Å². The van der Waals surface area contributed by atoms with Crippen LogP contribution in [0.15, 0.2) is 54.6 Å². The highest BCUT2D eigenvalue weighted by Crippen LogP contribution is 2.20.